The summed E-state index contributed by atoms with van der Waals surface area (Å²) in [4.78, 5) is 23.7. The molecule has 1 atom stereocenters. The topological polar surface area (TPSA) is 58.2 Å². The van der Waals surface area contributed by atoms with E-state index in [1.165, 1.54) is 18.6 Å². The van der Waals surface area contributed by atoms with Crippen molar-refractivity contribution in [3.8, 4) is 0 Å². The van der Waals surface area contributed by atoms with Gasteiger partial charge in [0, 0.05) is 6.04 Å². The summed E-state index contributed by atoms with van der Waals surface area (Å²) >= 11 is 0. The van der Waals surface area contributed by atoms with Crippen LogP contribution in [0.1, 0.15) is 50.6 Å². The van der Waals surface area contributed by atoms with Crippen LogP contribution in [0.4, 0.5) is 4.39 Å². The summed E-state index contributed by atoms with van der Waals surface area (Å²) in [7, 11) is 0. The van der Waals surface area contributed by atoms with Gasteiger partial charge in [-0.25, -0.2) is 4.39 Å². The molecule has 0 radical (unpaired) electrons. The number of rotatable bonds is 3. The van der Waals surface area contributed by atoms with Crippen LogP contribution in [0.25, 0.3) is 0 Å². The quantitative estimate of drug-likeness (QED) is 0.841. The Balaban J connectivity index is 1.84. The molecular formula is C16H21FN2O2. The molecule has 1 saturated carbocycles. The lowest BCUT2D eigenvalue weighted by Crippen LogP contribution is -2.45. The maximum atomic E-state index is 12.8. The zero-order valence-electron chi connectivity index (χ0n) is 12.2. The number of nitrogens with one attached hydrogen (secondary N) is 2. The number of amides is 2. The predicted molar refractivity (Wildman–Crippen MR) is 78.0 cm³/mol. The third-order valence-corrected chi connectivity index (χ3v) is 3.86. The van der Waals surface area contributed by atoms with Crippen LogP contribution in [0.2, 0.25) is 0 Å². The van der Waals surface area contributed by atoms with Gasteiger partial charge in [0.15, 0.2) is 0 Å². The van der Waals surface area contributed by atoms with Crippen LogP contribution in [-0.4, -0.2) is 17.9 Å². The zero-order valence-corrected chi connectivity index (χ0v) is 12.2. The number of carbonyl (C=O) groups is 2. The van der Waals surface area contributed by atoms with E-state index in [2.05, 4.69) is 10.6 Å². The molecule has 0 aliphatic heterocycles. The van der Waals surface area contributed by atoms with Gasteiger partial charge in [-0.2, -0.15) is 0 Å². The van der Waals surface area contributed by atoms with E-state index in [1.54, 1.807) is 19.1 Å². The second-order valence-corrected chi connectivity index (χ2v) is 5.56. The van der Waals surface area contributed by atoms with Gasteiger partial charge in [-0.1, -0.05) is 31.4 Å². The van der Waals surface area contributed by atoms with Crippen molar-refractivity contribution in [2.45, 2.75) is 51.1 Å². The molecule has 114 valence electrons. The highest BCUT2D eigenvalue weighted by Gasteiger charge is 2.21. The smallest absolute Gasteiger partial charge is 0.309 e. The lowest BCUT2D eigenvalue weighted by molar-refractivity contribution is -0.140. The molecule has 0 aromatic heterocycles. The average Bonchev–Trinajstić information content (AvgIpc) is 2.48. The van der Waals surface area contributed by atoms with Gasteiger partial charge in [-0.3, -0.25) is 9.59 Å². The first-order valence-corrected chi connectivity index (χ1v) is 7.43. The Bertz CT molecular complexity index is 496. The Morgan fingerprint density at radius 1 is 1.10 bits per heavy atom. The van der Waals surface area contributed by atoms with Crippen molar-refractivity contribution in [3.05, 3.63) is 35.6 Å². The lowest BCUT2D eigenvalue weighted by Gasteiger charge is -2.23. The Morgan fingerprint density at radius 2 is 1.71 bits per heavy atom. The Hall–Kier alpha value is -1.91. The molecule has 0 bridgehead atoms. The van der Waals surface area contributed by atoms with E-state index in [4.69, 9.17) is 0 Å². The monoisotopic (exact) mass is 292 g/mol. The second-order valence-electron chi connectivity index (χ2n) is 5.56. The molecule has 2 amide bonds. The van der Waals surface area contributed by atoms with E-state index >= 15 is 0 Å². The van der Waals surface area contributed by atoms with Crippen molar-refractivity contribution in [2.24, 2.45) is 0 Å². The van der Waals surface area contributed by atoms with Crippen molar-refractivity contribution in [2.75, 3.05) is 0 Å². The van der Waals surface area contributed by atoms with Crippen LogP contribution < -0.4 is 10.6 Å². The first-order chi connectivity index (χ1) is 10.1. The molecule has 0 spiro atoms. The van der Waals surface area contributed by atoms with Crippen LogP contribution in [0.15, 0.2) is 24.3 Å². The van der Waals surface area contributed by atoms with Gasteiger partial charge < -0.3 is 10.6 Å². The zero-order chi connectivity index (χ0) is 15.2. The molecule has 5 heteroatoms. The lowest BCUT2D eigenvalue weighted by atomic mass is 9.95. The minimum atomic E-state index is -0.641. The predicted octanol–water partition coefficient (Wildman–Crippen LogP) is 2.45. The molecule has 21 heavy (non-hydrogen) atoms. The Kier molecular flexibility index (Phi) is 5.31. The van der Waals surface area contributed by atoms with Crippen molar-refractivity contribution in [1.29, 1.82) is 0 Å². The Morgan fingerprint density at radius 3 is 2.33 bits per heavy atom. The third kappa shape index (κ3) is 4.55. The first-order valence-electron chi connectivity index (χ1n) is 7.43. The van der Waals surface area contributed by atoms with Crippen LogP contribution in [0.5, 0.6) is 0 Å². The molecule has 1 aromatic carbocycles. The molecule has 2 rings (SSSR count). The fourth-order valence-corrected chi connectivity index (χ4v) is 2.59. The summed E-state index contributed by atoms with van der Waals surface area (Å²) in [5.74, 6) is -1.56. The summed E-state index contributed by atoms with van der Waals surface area (Å²) < 4.78 is 12.8. The number of hydrogen-bond acceptors (Lipinski definition) is 2. The van der Waals surface area contributed by atoms with Crippen molar-refractivity contribution < 1.29 is 14.0 Å². The van der Waals surface area contributed by atoms with E-state index in [0.29, 0.717) is 0 Å². The van der Waals surface area contributed by atoms with Crippen LogP contribution >= 0.6 is 0 Å². The van der Waals surface area contributed by atoms with E-state index in [-0.39, 0.29) is 17.9 Å². The Labute approximate surface area is 124 Å². The average molecular weight is 292 g/mol. The molecule has 1 aromatic rings. The molecular weight excluding hydrogens is 271 g/mol. The van der Waals surface area contributed by atoms with E-state index in [1.807, 2.05) is 0 Å². The van der Waals surface area contributed by atoms with Gasteiger partial charge >= 0.3 is 11.8 Å². The van der Waals surface area contributed by atoms with Gasteiger partial charge in [0.05, 0.1) is 6.04 Å². The van der Waals surface area contributed by atoms with Crippen LogP contribution in [0.3, 0.4) is 0 Å². The van der Waals surface area contributed by atoms with E-state index < -0.39 is 11.8 Å². The summed E-state index contributed by atoms with van der Waals surface area (Å²) in [5.41, 5.74) is 0.759. The van der Waals surface area contributed by atoms with Gasteiger partial charge in [0.1, 0.15) is 5.82 Å². The fraction of sp³-hybridized carbons (Fsp3) is 0.500. The van der Waals surface area contributed by atoms with Crippen molar-refractivity contribution in [3.63, 3.8) is 0 Å². The molecule has 4 nitrogen and oxygen atoms in total. The van der Waals surface area contributed by atoms with Gasteiger partial charge in [0.25, 0.3) is 0 Å². The highest BCUT2D eigenvalue weighted by atomic mass is 19.1. The molecule has 0 heterocycles. The number of benzene rings is 1. The summed E-state index contributed by atoms with van der Waals surface area (Å²) in [6, 6.07) is 5.63. The highest BCUT2D eigenvalue weighted by Crippen LogP contribution is 2.17. The number of carbonyl (C=O) groups excluding carboxylic acids is 2. The first kappa shape index (κ1) is 15.5. The molecule has 1 fully saturated rings. The molecule has 0 saturated heterocycles. The van der Waals surface area contributed by atoms with Gasteiger partial charge in [-0.15, -0.1) is 0 Å². The van der Waals surface area contributed by atoms with Crippen molar-refractivity contribution >= 4 is 11.8 Å². The molecule has 1 aliphatic rings. The minimum Gasteiger partial charge on any atom is -0.345 e. The molecule has 2 N–H and O–H groups in total. The minimum absolute atomic E-state index is 0.109. The van der Waals surface area contributed by atoms with Gasteiger partial charge in [-0.05, 0) is 37.5 Å². The number of halogens is 1. The highest BCUT2D eigenvalue weighted by molar-refractivity contribution is 6.35. The molecule has 0 unspecified atom stereocenters. The van der Waals surface area contributed by atoms with Crippen molar-refractivity contribution in [1.82, 2.24) is 10.6 Å². The largest absolute Gasteiger partial charge is 0.345 e. The van der Waals surface area contributed by atoms with Crippen LogP contribution in [0, 0.1) is 5.82 Å². The standard InChI is InChI=1S/C16H21FN2O2/c1-11(12-7-9-13(17)10-8-12)18-15(20)16(21)19-14-5-3-2-4-6-14/h7-11,14H,2-6H2,1H3,(H,18,20)(H,19,21)/t11-/m0/s1. The van der Waals surface area contributed by atoms with E-state index in [9.17, 15) is 14.0 Å². The third-order valence-electron chi connectivity index (χ3n) is 3.86. The summed E-state index contributed by atoms with van der Waals surface area (Å²) in [6.07, 6.45) is 5.26. The summed E-state index contributed by atoms with van der Waals surface area (Å²) in [5, 5.41) is 5.41. The van der Waals surface area contributed by atoms with Gasteiger partial charge in [0.2, 0.25) is 0 Å². The fourth-order valence-electron chi connectivity index (χ4n) is 2.59. The maximum absolute atomic E-state index is 12.8. The number of hydrogen-bond donors (Lipinski definition) is 2. The normalized spacial score (nSPS) is 17.0. The summed E-state index contributed by atoms with van der Waals surface area (Å²) in [6.45, 7) is 1.76. The molecule has 1 aliphatic carbocycles. The van der Waals surface area contributed by atoms with E-state index in [0.717, 1.165) is 31.2 Å². The SMILES string of the molecule is C[C@H](NC(=O)C(=O)NC1CCCCC1)c1ccc(F)cc1. The maximum Gasteiger partial charge on any atom is 0.309 e. The second kappa shape index (κ2) is 7.20. The van der Waals surface area contributed by atoms with Crippen LogP contribution in [-0.2, 0) is 9.59 Å².